The summed E-state index contributed by atoms with van der Waals surface area (Å²) < 4.78 is 5.82. The summed E-state index contributed by atoms with van der Waals surface area (Å²) in [4.78, 5) is 12.5. The van der Waals surface area contributed by atoms with Crippen molar-refractivity contribution in [3.8, 4) is 5.75 Å². The highest BCUT2D eigenvalue weighted by molar-refractivity contribution is 5.81. The van der Waals surface area contributed by atoms with E-state index in [-0.39, 0.29) is 11.9 Å². The summed E-state index contributed by atoms with van der Waals surface area (Å²) in [5.74, 6) is 0.655. The minimum atomic E-state index is -0.535. The summed E-state index contributed by atoms with van der Waals surface area (Å²) in [6.45, 7) is 10.0. The third-order valence-electron chi connectivity index (χ3n) is 4.42. The lowest BCUT2D eigenvalue weighted by Crippen LogP contribution is -2.38. The molecule has 2 aromatic rings. The number of nitrogens with one attached hydrogen (secondary N) is 1. The van der Waals surface area contributed by atoms with Gasteiger partial charge in [-0.15, -0.1) is 0 Å². The van der Waals surface area contributed by atoms with Crippen LogP contribution in [0.5, 0.6) is 5.75 Å². The van der Waals surface area contributed by atoms with Gasteiger partial charge in [-0.3, -0.25) is 4.79 Å². The number of para-hydroxylation sites is 1. The lowest BCUT2D eigenvalue weighted by Gasteiger charge is -2.22. The van der Waals surface area contributed by atoms with Gasteiger partial charge in [-0.05, 0) is 62.4 Å². The molecule has 24 heavy (non-hydrogen) atoms. The monoisotopic (exact) mass is 325 g/mol. The average molecular weight is 325 g/mol. The third-order valence-corrected chi connectivity index (χ3v) is 4.42. The second-order valence-electron chi connectivity index (χ2n) is 6.34. The maximum Gasteiger partial charge on any atom is 0.261 e. The Bertz CT molecular complexity index is 709. The molecule has 0 saturated heterocycles. The van der Waals surface area contributed by atoms with Crippen molar-refractivity contribution in [1.29, 1.82) is 0 Å². The van der Waals surface area contributed by atoms with Gasteiger partial charge >= 0.3 is 0 Å². The second kappa shape index (κ2) is 8.00. The summed E-state index contributed by atoms with van der Waals surface area (Å²) in [7, 11) is 0. The van der Waals surface area contributed by atoms with Gasteiger partial charge in [0.25, 0.3) is 5.91 Å². The predicted molar refractivity (Wildman–Crippen MR) is 98.4 cm³/mol. The highest BCUT2D eigenvalue weighted by Crippen LogP contribution is 2.21. The molecule has 0 heterocycles. The largest absolute Gasteiger partial charge is 0.481 e. The van der Waals surface area contributed by atoms with Crippen LogP contribution in [0.4, 0.5) is 0 Å². The van der Waals surface area contributed by atoms with E-state index >= 15 is 0 Å². The van der Waals surface area contributed by atoms with E-state index in [0.29, 0.717) is 0 Å². The number of carbonyl (C=O) groups is 1. The Hall–Kier alpha value is -2.29. The summed E-state index contributed by atoms with van der Waals surface area (Å²) in [5, 5.41) is 3.11. The Morgan fingerprint density at radius 3 is 2.38 bits per heavy atom. The zero-order chi connectivity index (χ0) is 17.7. The van der Waals surface area contributed by atoms with Crippen molar-refractivity contribution < 1.29 is 9.53 Å². The fourth-order valence-electron chi connectivity index (χ4n) is 2.62. The molecular weight excluding hydrogens is 298 g/mol. The van der Waals surface area contributed by atoms with Gasteiger partial charge in [-0.1, -0.05) is 43.3 Å². The van der Waals surface area contributed by atoms with Crippen molar-refractivity contribution >= 4 is 5.91 Å². The van der Waals surface area contributed by atoms with E-state index < -0.39 is 6.10 Å². The number of carbonyl (C=O) groups excluding carboxylic acids is 1. The molecule has 3 nitrogen and oxygen atoms in total. The summed E-state index contributed by atoms with van der Waals surface area (Å²) in [6.07, 6.45) is 0.303. The van der Waals surface area contributed by atoms with Crippen LogP contribution in [-0.2, 0) is 4.79 Å². The molecule has 0 aliphatic rings. The molecule has 1 amide bonds. The molecule has 3 heteroatoms. The van der Waals surface area contributed by atoms with Crippen LogP contribution >= 0.6 is 0 Å². The molecule has 2 aromatic carbocycles. The molecule has 0 radical (unpaired) electrons. The number of hydrogen-bond donors (Lipinski definition) is 1. The van der Waals surface area contributed by atoms with E-state index in [2.05, 4.69) is 44.3 Å². The normalized spacial score (nSPS) is 13.2. The van der Waals surface area contributed by atoms with Crippen LogP contribution in [-0.4, -0.2) is 12.0 Å². The Balaban J connectivity index is 2.05. The van der Waals surface area contributed by atoms with Gasteiger partial charge in [0.2, 0.25) is 0 Å². The maximum absolute atomic E-state index is 12.5. The summed E-state index contributed by atoms with van der Waals surface area (Å²) >= 11 is 0. The second-order valence-corrected chi connectivity index (χ2v) is 6.34. The maximum atomic E-state index is 12.5. The standard InChI is InChI=1S/C21H27NO2/c1-6-19(18-12-11-14(2)16(4)13-18)22-21(23)17(5)24-20-10-8-7-9-15(20)3/h7-13,17,19H,6H2,1-5H3,(H,22,23)/t17-,19-/m1/s1. The molecular formula is C21H27NO2. The summed E-state index contributed by atoms with van der Waals surface area (Å²) in [5.41, 5.74) is 4.66. The first-order chi connectivity index (χ1) is 11.4. The molecule has 0 spiro atoms. The number of amides is 1. The lowest BCUT2D eigenvalue weighted by atomic mass is 9.99. The van der Waals surface area contributed by atoms with Gasteiger partial charge < -0.3 is 10.1 Å². The highest BCUT2D eigenvalue weighted by atomic mass is 16.5. The van der Waals surface area contributed by atoms with Gasteiger partial charge in [0.1, 0.15) is 5.75 Å². The van der Waals surface area contributed by atoms with Crippen LogP contribution in [0.25, 0.3) is 0 Å². The van der Waals surface area contributed by atoms with Crippen LogP contribution in [0, 0.1) is 20.8 Å². The Labute approximate surface area is 145 Å². The van der Waals surface area contributed by atoms with Crippen LogP contribution in [0.3, 0.4) is 0 Å². The zero-order valence-corrected chi connectivity index (χ0v) is 15.2. The first kappa shape index (κ1) is 18.1. The molecule has 0 aromatic heterocycles. The van der Waals surface area contributed by atoms with E-state index in [1.165, 1.54) is 11.1 Å². The van der Waals surface area contributed by atoms with Crippen LogP contribution in [0.2, 0.25) is 0 Å². The minimum Gasteiger partial charge on any atom is -0.481 e. The summed E-state index contributed by atoms with van der Waals surface area (Å²) in [6, 6.07) is 14.1. The number of aryl methyl sites for hydroxylation is 3. The van der Waals surface area contributed by atoms with Crippen LogP contribution < -0.4 is 10.1 Å². The number of hydrogen-bond acceptors (Lipinski definition) is 2. The number of ether oxygens (including phenoxy) is 1. The van der Waals surface area contributed by atoms with Gasteiger partial charge in [0.05, 0.1) is 6.04 Å². The quantitative estimate of drug-likeness (QED) is 0.840. The average Bonchev–Trinajstić information content (AvgIpc) is 2.57. The molecule has 0 fully saturated rings. The molecule has 0 unspecified atom stereocenters. The van der Waals surface area contributed by atoms with Gasteiger partial charge in [0.15, 0.2) is 6.10 Å². The number of rotatable bonds is 6. The Kier molecular flexibility index (Phi) is 6.02. The first-order valence-corrected chi connectivity index (χ1v) is 8.52. The molecule has 2 atom stereocenters. The van der Waals surface area contributed by atoms with Crippen molar-refractivity contribution in [2.24, 2.45) is 0 Å². The van der Waals surface area contributed by atoms with Gasteiger partial charge in [-0.2, -0.15) is 0 Å². The SMILES string of the molecule is CC[C@@H](NC(=O)[C@@H](C)Oc1ccccc1C)c1ccc(C)c(C)c1. The Morgan fingerprint density at radius 1 is 1.04 bits per heavy atom. The van der Waals surface area contributed by atoms with E-state index in [4.69, 9.17) is 4.74 Å². The fourth-order valence-corrected chi connectivity index (χ4v) is 2.62. The first-order valence-electron chi connectivity index (χ1n) is 8.52. The fraction of sp³-hybridized carbons (Fsp3) is 0.381. The zero-order valence-electron chi connectivity index (χ0n) is 15.2. The minimum absolute atomic E-state index is 0.000259. The van der Waals surface area contributed by atoms with E-state index in [1.54, 1.807) is 6.92 Å². The van der Waals surface area contributed by atoms with Crippen molar-refractivity contribution in [2.75, 3.05) is 0 Å². The smallest absolute Gasteiger partial charge is 0.261 e. The lowest BCUT2D eigenvalue weighted by molar-refractivity contribution is -0.128. The topological polar surface area (TPSA) is 38.3 Å². The van der Waals surface area contributed by atoms with E-state index in [0.717, 1.165) is 23.3 Å². The van der Waals surface area contributed by atoms with Crippen molar-refractivity contribution in [3.63, 3.8) is 0 Å². The van der Waals surface area contributed by atoms with Crippen LogP contribution in [0.1, 0.15) is 48.6 Å². The molecule has 1 N–H and O–H groups in total. The highest BCUT2D eigenvalue weighted by Gasteiger charge is 2.20. The molecule has 0 saturated carbocycles. The van der Waals surface area contributed by atoms with Crippen LogP contribution in [0.15, 0.2) is 42.5 Å². The van der Waals surface area contributed by atoms with Crippen molar-refractivity contribution in [2.45, 2.75) is 53.2 Å². The molecule has 2 rings (SSSR count). The molecule has 128 valence electrons. The number of benzene rings is 2. The van der Waals surface area contributed by atoms with Crippen molar-refractivity contribution in [1.82, 2.24) is 5.32 Å². The Morgan fingerprint density at radius 2 is 1.75 bits per heavy atom. The van der Waals surface area contributed by atoms with E-state index in [1.807, 2.05) is 31.2 Å². The van der Waals surface area contributed by atoms with Gasteiger partial charge in [0, 0.05) is 0 Å². The molecule has 0 bridgehead atoms. The third kappa shape index (κ3) is 4.38. The molecule has 0 aliphatic carbocycles. The van der Waals surface area contributed by atoms with E-state index in [9.17, 15) is 4.79 Å². The van der Waals surface area contributed by atoms with Gasteiger partial charge in [-0.25, -0.2) is 0 Å². The predicted octanol–water partition coefficient (Wildman–Crippen LogP) is 4.65. The molecule has 0 aliphatic heterocycles. The van der Waals surface area contributed by atoms with Crippen molar-refractivity contribution in [3.05, 3.63) is 64.7 Å².